The lowest BCUT2D eigenvalue weighted by Gasteiger charge is -2.12. The molecule has 0 aromatic heterocycles. The molecule has 1 aromatic rings. The van der Waals surface area contributed by atoms with E-state index >= 15 is 0 Å². The normalized spacial score (nSPS) is 21.2. The molecule has 6 nitrogen and oxygen atoms in total. The molecule has 0 aliphatic carbocycles. The number of rotatable bonds is 4. The number of nitrogens with zero attached hydrogens (tertiary/aromatic N) is 1. The summed E-state index contributed by atoms with van der Waals surface area (Å²) in [4.78, 5) is 10.4. The third-order valence-corrected chi connectivity index (χ3v) is 5.68. The number of anilines is 1. The zero-order valence-corrected chi connectivity index (χ0v) is 11.4. The Kier molecular flexibility index (Phi) is 3.75. The van der Waals surface area contributed by atoms with Gasteiger partial charge in [-0.25, -0.2) is 8.42 Å². The Balaban J connectivity index is 2.08. The van der Waals surface area contributed by atoms with Crippen LogP contribution in [0.25, 0.3) is 0 Å². The molecule has 1 aliphatic rings. The highest BCUT2D eigenvalue weighted by Gasteiger charge is 2.30. The van der Waals surface area contributed by atoms with Gasteiger partial charge in [-0.05, 0) is 25.8 Å². The Morgan fingerprint density at radius 2 is 2.21 bits per heavy atom. The summed E-state index contributed by atoms with van der Waals surface area (Å²) in [5, 5.41) is 13.4. The van der Waals surface area contributed by atoms with Crippen molar-refractivity contribution in [3.63, 3.8) is 0 Å². The van der Waals surface area contributed by atoms with E-state index in [1.54, 1.807) is 19.1 Å². The first-order chi connectivity index (χ1) is 8.90. The summed E-state index contributed by atoms with van der Waals surface area (Å²) >= 11 is 0. The van der Waals surface area contributed by atoms with Gasteiger partial charge in [0.2, 0.25) is 0 Å². The Hall–Kier alpha value is -1.63. The molecule has 0 amide bonds. The van der Waals surface area contributed by atoms with Crippen LogP contribution >= 0.6 is 0 Å². The molecular formula is C12H16N2O4S. The predicted molar refractivity (Wildman–Crippen MR) is 73.1 cm³/mol. The first-order valence-corrected chi connectivity index (χ1v) is 7.82. The van der Waals surface area contributed by atoms with E-state index in [1.165, 1.54) is 6.07 Å². The first-order valence-electron chi connectivity index (χ1n) is 6.10. The zero-order chi connectivity index (χ0) is 14.0. The Morgan fingerprint density at radius 1 is 1.47 bits per heavy atom. The van der Waals surface area contributed by atoms with Crippen molar-refractivity contribution < 1.29 is 13.3 Å². The molecular weight excluding hydrogens is 268 g/mol. The van der Waals surface area contributed by atoms with E-state index in [0.29, 0.717) is 30.6 Å². The molecule has 2 rings (SSSR count). The van der Waals surface area contributed by atoms with Crippen molar-refractivity contribution in [3.05, 3.63) is 33.9 Å². The minimum Gasteiger partial charge on any atom is -0.384 e. The van der Waals surface area contributed by atoms with Crippen molar-refractivity contribution in [1.29, 1.82) is 0 Å². The van der Waals surface area contributed by atoms with Crippen LogP contribution in [0.5, 0.6) is 0 Å². The van der Waals surface area contributed by atoms with Gasteiger partial charge in [0.25, 0.3) is 5.69 Å². The number of nitro benzene ring substituents is 1. The van der Waals surface area contributed by atoms with Crippen LogP contribution < -0.4 is 5.32 Å². The largest absolute Gasteiger partial charge is 0.384 e. The van der Waals surface area contributed by atoms with Gasteiger partial charge >= 0.3 is 0 Å². The monoisotopic (exact) mass is 284 g/mol. The van der Waals surface area contributed by atoms with Gasteiger partial charge in [-0.2, -0.15) is 0 Å². The summed E-state index contributed by atoms with van der Waals surface area (Å²) in [6, 6.07) is 4.82. The molecule has 0 spiro atoms. The average molecular weight is 284 g/mol. The summed E-state index contributed by atoms with van der Waals surface area (Å²) in [5.74, 6) is 0.243. The highest BCUT2D eigenvalue weighted by atomic mass is 32.2. The van der Waals surface area contributed by atoms with Crippen molar-refractivity contribution in [1.82, 2.24) is 0 Å². The van der Waals surface area contributed by atoms with E-state index in [0.717, 1.165) is 0 Å². The zero-order valence-electron chi connectivity index (χ0n) is 10.6. The van der Waals surface area contributed by atoms with Crippen molar-refractivity contribution in [3.8, 4) is 0 Å². The maximum atomic E-state index is 11.7. The van der Waals surface area contributed by atoms with Crippen molar-refractivity contribution in [2.24, 2.45) is 0 Å². The van der Waals surface area contributed by atoms with E-state index in [9.17, 15) is 18.5 Å². The quantitative estimate of drug-likeness (QED) is 0.673. The lowest BCUT2D eigenvalue weighted by molar-refractivity contribution is -0.385. The highest BCUT2D eigenvalue weighted by molar-refractivity contribution is 7.92. The molecule has 1 fully saturated rings. The van der Waals surface area contributed by atoms with Gasteiger partial charge in [0.15, 0.2) is 9.84 Å². The fourth-order valence-corrected chi connectivity index (χ4v) is 4.00. The molecule has 1 aromatic carbocycles. The standard InChI is InChI=1S/C12H16N2O4S/c1-9-4-5-10(7-12(9)14(15)16)13-8-11-3-2-6-19(11,17)18/h4-5,7,11,13H,2-3,6,8H2,1H3. The van der Waals surface area contributed by atoms with Gasteiger partial charge in [-0.15, -0.1) is 0 Å². The Labute approximate surface area is 111 Å². The first kappa shape index (κ1) is 13.8. The smallest absolute Gasteiger partial charge is 0.274 e. The fourth-order valence-electron chi connectivity index (χ4n) is 2.24. The fraction of sp³-hybridized carbons (Fsp3) is 0.500. The maximum absolute atomic E-state index is 11.7. The number of benzene rings is 1. The number of nitrogens with one attached hydrogen (secondary N) is 1. The topological polar surface area (TPSA) is 89.3 Å². The van der Waals surface area contributed by atoms with E-state index in [2.05, 4.69) is 5.32 Å². The molecule has 1 saturated heterocycles. The average Bonchev–Trinajstić information content (AvgIpc) is 2.67. The summed E-state index contributed by atoms with van der Waals surface area (Å²) in [7, 11) is -2.99. The van der Waals surface area contributed by atoms with Gasteiger partial charge in [-0.3, -0.25) is 10.1 Å². The van der Waals surface area contributed by atoms with Crippen LogP contribution in [0.2, 0.25) is 0 Å². The molecule has 1 aliphatic heterocycles. The number of nitro groups is 1. The second kappa shape index (κ2) is 5.16. The van der Waals surface area contributed by atoms with Crippen LogP contribution in [0, 0.1) is 17.0 Å². The van der Waals surface area contributed by atoms with Crippen LogP contribution in [0.3, 0.4) is 0 Å². The van der Waals surface area contributed by atoms with Gasteiger partial charge < -0.3 is 5.32 Å². The summed E-state index contributed by atoms with van der Waals surface area (Å²) < 4.78 is 23.3. The number of sulfone groups is 1. The van der Waals surface area contributed by atoms with Crippen molar-refractivity contribution in [2.75, 3.05) is 17.6 Å². The predicted octanol–water partition coefficient (Wildman–Crippen LogP) is 1.89. The third-order valence-electron chi connectivity index (χ3n) is 3.40. The highest BCUT2D eigenvalue weighted by Crippen LogP contribution is 2.24. The molecule has 104 valence electrons. The van der Waals surface area contributed by atoms with E-state index in [-0.39, 0.29) is 16.7 Å². The molecule has 1 heterocycles. The van der Waals surface area contributed by atoms with Gasteiger partial charge in [0.1, 0.15) is 0 Å². The van der Waals surface area contributed by atoms with Gasteiger partial charge in [-0.1, -0.05) is 6.07 Å². The van der Waals surface area contributed by atoms with E-state index < -0.39 is 14.8 Å². The molecule has 1 N–H and O–H groups in total. The minimum absolute atomic E-state index is 0.0410. The van der Waals surface area contributed by atoms with Crippen LogP contribution in [0.1, 0.15) is 18.4 Å². The Bertz CT molecular complexity index is 598. The maximum Gasteiger partial charge on any atom is 0.274 e. The molecule has 1 unspecified atom stereocenters. The molecule has 1 atom stereocenters. The van der Waals surface area contributed by atoms with Gasteiger partial charge in [0.05, 0.1) is 15.9 Å². The van der Waals surface area contributed by atoms with Crippen molar-refractivity contribution in [2.45, 2.75) is 25.0 Å². The number of hydrogen-bond acceptors (Lipinski definition) is 5. The number of aryl methyl sites for hydroxylation is 1. The van der Waals surface area contributed by atoms with Crippen LogP contribution in [0.15, 0.2) is 18.2 Å². The second-order valence-corrected chi connectivity index (χ2v) is 7.17. The molecule has 0 bridgehead atoms. The summed E-state index contributed by atoms with van der Waals surface area (Å²) in [6.07, 6.45) is 1.35. The molecule has 7 heteroatoms. The Morgan fingerprint density at radius 3 is 2.79 bits per heavy atom. The molecule has 0 saturated carbocycles. The van der Waals surface area contributed by atoms with E-state index in [1.807, 2.05) is 0 Å². The van der Waals surface area contributed by atoms with Gasteiger partial charge in [0, 0.05) is 23.9 Å². The van der Waals surface area contributed by atoms with E-state index in [4.69, 9.17) is 0 Å². The van der Waals surface area contributed by atoms with Crippen LogP contribution in [-0.4, -0.2) is 30.9 Å². The molecule has 19 heavy (non-hydrogen) atoms. The lowest BCUT2D eigenvalue weighted by atomic mass is 10.2. The van der Waals surface area contributed by atoms with Crippen LogP contribution in [-0.2, 0) is 9.84 Å². The summed E-state index contributed by atoms with van der Waals surface area (Å²) in [5.41, 5.74) is 1.21. The SMILES string of the molecule is Cc1ccc(NCC2CCCS2(=O)=O)cc1[N+](=O)[O-]. The summed E-state index contributed by atoms with van der Waals surface area (Å²) in [6.45, 7) is 1.98. The van der Waals surface area contributed by atoms with Crippen molar-refractivity contribution >= 4 is 21.2 Å². The lowest BCUT2D eigenvalue weighted by Crippen LogP contribution is -2.25. The second-order valence-electron chi connectivity index (χ2n) is 4.77. The van der Waals surface area contributed by atoms with Crippen LogP contribution in [0.4, 0.5) is 11.4 Å². The third kappa shape index (κ3) is 3.04. The molecule has 0 radical (unpaired) electrons. The number of hydrogen-bond donors (Lipinski definition) is 1. The minimum atomic E-state index is -2.99.